The third-order valence-electron chi connectivity index (χ3n) is 2.82. The molecule has 1 aromatic carbocycles. The van der Waals surface area contributed by atoms with Gasteiger partial charge in [-0.2, -0.15) is 5.10 Å². The molecule has 106 valence electrons. The summed E-state index contributed by atoms with van der Waals surface area (Å²) >= 11 is 0. The van der Waals surface area contributed by atoms with Gasteiger partial charge in [-0.3, -0.25) is 9.48 Å². The van der Waals surface area contributed by atoms with Crippen LogP contribution in [0.15, 0.2) is 36.7 Å². The Bertz CT molecular complexity index is 539. The number of nitrogens with one attached hydrogen (secondary N) is 1. The number of amides is 1. The molecule has 2 aromatic rings. The zero-order valence-corrected chi connectivity index (χ0v) is 11.5. The smallest absolute Gasteiger partial charge is 0.223 e. The van der Waals surface area contributed by atoms with Gasteiger partial charge in [-0.25, -0.2) is 4.98 Å². The van der Waals surface area contributed by atoms with Crippen molar-refractivity contribution < 1.29 is 9.53 Å². The summed E-state index contributed by atoms with van der Waals surface area (Å²) in [6, 6.07) is 9.45. The molecule has 0 bridgehead atoms. The Morgan fingerprint density at radius 1 is 1.35 bits per heavy atom. The Labute approximate surface area is 117 Å². The maximum absolute atomic E-state index is 11.6. The van der Waals surface area contributed by atoms with Gasteiger partial charge in [0.1, 0.15) is 17.9 Å². The second-order valence-corrected chi connectivity index (χ2v) is 4.31. The monoisotopic (exact) mass is 274 g/mol. The van der Waals surface area contributed by atoms with Crippen LogP contribution >= 0.6 is 0 Å². The zero-order chi connectivity index (χ0) is 14.2. The van der Waals surface area contributed by atoms with E-state index in [-0.39, 0.29) is 5.91 Å². The summed E-state index contributed by atoms with van der Waals surface area (Å²) in [4.78, 5) is 15.7. The van der Waals surface area contributed by atoms with E-state index in [0.29, 0.717) is 26.0 Å². The molecule has 2 rings (SSSR count). The Kier molecular flexibility index (Phi) is 5.11. The number of carbonyl (C=O) groups is 1. The predicted octanol–water partition coefficient (Wildman–Crippen LogP) is 0.943. The predicted molar refractivity (Wildman–Crippen MR) is 74.3 cm³/mol. The van der Waals surface area contributed by atoms with Gasteiger partial charge in [0.05, 0.1) is 13.0 Å². The average Bonchev–Trinajstić information content (AvgIpc) is 2.86. The van der Waals surface area contributed by atoms with Crippen LogP contribution in [0.4, 0.5) is 0 Å². The molecule has 0 saturated heterocycles. The normalized spacial score (nSPS) is 10.2. The minimum absolute atomic E-state index is 0.0249. The number of carbonyl (C=O) groups excluding carboxylic acids is 1. The molecule has 1 N–H and O–H groups in total. The highest BCUT2D eigenvalue weighted by atomic mass is 16.5. The lowest BCUT2D eigenvalue weighted by Crippen LogP contribution is -2.27. The minimum Gasteiger partial charge on any atom is -0.493 e. The lowest BCUT2D eigenvalue weighted by Gasteiger charge is -2.07. The van der Waals surface area contributed by atoms with E-state index in [2.05, 4.69) is 15.4 Å². The number of hydrogen-bond donors (Lipinski definition) is 1. The quantitative estimate of drug-likeness (QED) is 0.816. The van der Waals surface area contributed by atoms with Gasteiger partial charge in [0.15, 0.2) is 0 Å². The van der Waals surface area contributed by atoms with Crippen LogP contribution in [0, 0.1) is 0 Å². The highest BCUT2D eigenvalue weighted by molar-refractivity contribution is 5.75. The fourth-order valence-corrected chi connectivity index (χ4v) is 1.73. The molecule has 6 heteroatoms. The van der Waals surface area contributed by atoms with Gasteiger partial charge in [-0.1, -0.05) is 18.2 Å². The van der Waals surface area contributed by atoms with E-state index in [1.807, 2.05) is 37.4 Å². The number of nitrogens with zero attached hydrogens (tertiary/aromatic N) is 3. The number of ether oxygens (including phenoxy) is 1. The first kappa shape index (κ1) is 14.0. The van der Waals surface area contributed by atoms with E-state index in [1.54, 1.807) is 4.68 Å². The zero-order valence-electron chi connectivity index (χ0n) is 11.5. The van der Waals surface area contributed by atoms with Crippen LogP contribution in [0.1, 0.15) is 12.2 Å². The van der Waals surface area contributed by atoms with Crippen LogP contribution in [0.5, 0.6) is 5.75 Å². The van der Waals surface area contributed by atoms with Crippen LogP contribution in [-0.4, -0.2) is 33.8 Å². The molecule has 0 atom stereocenters. The van der Waals surface area contributed by atoms with Crippen molar-refractivity contribution in [1.29, 1.82) is 0 Å². The first-order valence-corrected chi connectivity index (χ1v) is 6.53. The van der Waals surface area contributed by atoms with Crippen LogP contribution in [-0.2, 0) is 18.3 Å². The number of aromatic nitrogens is 3. The van der Waals surface area contributed by atoms with E-state index in [0.717, 1.165) is 11.6 Å². The second-order valence-electron chi connectivity index (χ2n) is 4.31. The van der Waals surface area contributed by atoms with Crippen molar-refractivity contribution in [3.05, 3.63) is 42.5 Å². The summed E-state index contributed by atoms with van der Waals surface area (Å²) in [5.41, 5.74) is 0. The number of benzene rings is 1. The lowest BCUT2D eigenvalue weighted by molar-refractivity contribution is -0.121. The van der Waals surface area contributed by atoms with Crippen LogP contribution in [0.2, 0.25) is 0 Å². The van der Waals surface area contributed by atoms with Crippen molar-refractivity contribution in [2.24, 2.45) is 7.05 Å². The van der Waals surface area contributed by atoms with E-state index >= 15 is 0 Å². The third kappa shape index (κ3) is 4.38. The summed E-state index contributed by atoms with van der Waals surface area (Å²) in [5.74, 6) is 1.60. The standard InChI is InChI=1S/C14H18N4O2/c1-18-13(16-11-17-18)7-9-15-14(19)8-10-20-12-5-3-2-4-6-12/h2-6,11H,7-10H2,1H3,(H,15,19). The maximum Gasteiger partial charge on any atom is 0.223 e. The molecule has 1 aromatic heterocycles. The third-order valence-corrected chi connectivity index (χ3v) is 2.82. The van der Waals surface area contributed by atoms with Crippen molar-refractivity contribution in [3.8, 4) is 5.75 Å². The maximum atomic E-state index is 11.6. The van der Waals surface area contributed by atoms with Gasteiger partial charge < -0.3 is 10.1 Å². The van der Waals surface area contributed by atoms with Crippen molar-refractivity contribution in [3.63, 3.8) is 0 Å². The molecule has 0 aliphatic heterocycles. The summed E-state index contributed by atoms with van der Waals surface area (Å²) in [5, 5.41) is 6.80. The van der Waals surface area contributed by atoms with Crippen molar-refractivity contribution >= 4 is 5.91 Å². The molecule has 0 saturated carbocycles. The fourth-order valence-electron chi connectivity index (χ4n) is 1.73. The SMILES string of the molecule is Cn1ncnc1CCNC(=O)CCOc1ccccc1. The molecule has 0 aliphatic rings. The van der Waals surface area contributed by atoms with E-state index in [4.69, 9.17) is 4.74 Å². The van der Waals surface area contributed by atoms with Gasteiger partial charge in [0.2, 0.25) is 5.91 Å². The Morgan fingerprint density at radius 2 is 2.15 bits per heavy atom. The lowest BCUT2D eigenvalue weighted by atomic mass is 10.3. The molecule has 20 heavy (non-hydrogen) atoms. The number of hydrogen-bond acceptors (Lipinski definition) is 4. The molecule has 0 radical (unpaired) electrons. The fraction of sp³-hybridized carbons (Fsp3) is 0.357. The van der Waals surface area contributed by atoms with E-state index in [1.165, 1.54) is 6.33 Å². The minimum atomic E-state index is -0.0249. The van der Waals surface area contributed by atoms with Crippen molar-refractivity contribution in [1.82, 2.24) is 20.1 Å². The van der Waals surface area contributed by atoms with Gasteiger partial charge >= 0.3 is 0 Å². The number of aryl methyl sites for hydroxylation is 1. The average molecular weight is 274 g/mol. The van der Waals surface area contributed by atoms with Gasteiger partial charge in [-0.05, 0) is 12.1 Å². The van der Waals surface area contributed by atoms with Crippen LogP contribution in [0.3, 0.4) is 0 Å². The van der Waals surface area contributed by atoms with Crippen molar-refractivity contribution in [2.75, 3.05) is 13.2 Å². The molecule has 6 nitrogen and oxygen atoms in total. The largest absolute Gasteiger partial charge is 0.493 e. The van der Waals surface area contributed by atoms with Crippen molar-refractivity contribution in [2.45, 2.75) is 12.8 Å². The molecule has 1 amide bonds. The molecule has 0 unspecified atom stereocenters. The number of rotatable bonds is 7. The van der Waals surface area contributed by atoms with Crippen LogP contribution < -0.4 is 10.1 Å². The first-order valence-electron chi connectivity index (χ1n) is 6.53. The Morgan fingerprint density at radius 3 is 2.85 bits per heavy atom. The van der Waals surface area contributed by atoms with Crippen LogP contribution in [0.25, 0.3) is 0 Å². The second kappa shape index (κ2) is 7.28. The van der Waals surface area contributed by atoms with Gasteiger partial charge in [-0.15, -0.1) is 0 Å². The Balaban J connectivity index is 1.60. The highest BCUT2D eigenvalue weighted by Gasteiger charge is 2.04. The highest BCUT2D eigenvalue weighted by Crippen LogP contribution is 2.08. The topological polar surface area (TPSA) is 69.0 Å². The van der Waals surface area contributed by atoms with Gasteiger partial charge in [0, 0.05) is 20.0 Å². The molecule has 0 aliphatic carbocycles. The number of para-hydroxylation sites is 1. The molecule has 0 spiro atoms. The summed E-state index contributed by atoms with van der Waals surface area (Å²) in [7, 11) is 1.83. The molecular formula is C14H18N4O2. The van der Waals surface area contributed by atoms with Gasteiger partial charge in [0.25, 0.3) is 0 Å². The summed E-state index contributed by atoms with van der Waals surface area (Å²) < 4.78 is 7.16. The first-order chi connectivity index (χ1) is 9.75. The molecule has 0 fully saturated rings. The summed E-state index contributed by atoms with van der Waals surface area (Å²) in [6.07, 6.45) is 2.51. The van der Waals surface area contributed by atoms with E-state index < -0.39 is 0 Å². The summed E-state index contributed by atoms with van der Waals surface area (Å²) in [6.45, 7) is 0.927. The molecular weight excluding hydrogens is 256 g/mol. The van der Waals surface area contributed by atoms with E-state index in [9.17, 15) is 4.79 Å². The molecule has 1 heterocycles. The Hall–Kier alpha value is -2.37.